The third-order valence-corrected chi connectivity index (χ3v) is 3.17. The summed E-state index contributed by atoms with van der Waals surface area (Å²) in [6, 6.07) is 0. The van der Waals surface area contributed by atoms with E-state index in [4.69, 9.17) is 5.73 Å². The molecule has 0 aliphatic carbocycles. The molecule has 1 unspecified atom stereocenters. The van der Waals surface area contributed by atoms with E-state index in [1.165, 1.54) is 0 Å². The van der Waals surface area contributed by atoms with Crippen LogP contribution in [-0.2, 0) is 4.79 Å². The molecule has 1 atom stereocenters. The molecule has 0 heterocycles. The molecule has 4 nitrogen and oxygen atoms in total. The molecule has 0 fully saturated rings. The van der Waals surface area contributed by atoms with Crippen molar-refractivity contribution >= 4 is 5.91 Å². The van der Waals surface area contributed by atoms with Gasteiger partial charge in [0.2, 0.25) is 5.91 Å². The van der Waals surface area contributed by atoms with Crippen molar-refractivity contribution in [1.29, 1.82) is 0 Å². The smallest absolute Gasteiger partial charge is 0.346 e. The van der Waals surface area contributed by atoms with Gasteiger partial charge < -0.3 is 11.1 Å². The monoisotopic (exact) mass is 269 g/mol. The number of nitrogens with zero attached hydrogens (tertiary/aromatic N) is 1. The van der Waals surface area contributed by atoms with Gasteiger partial charge in [-0.25, -0.2) is 0 Å². The second kappa shape index (κ2) is 6.94. The quantitative estimate of drug-likeness (QED) is 0.728. The van der Waals surface area contributed by atoms with E-state index in [2.05, 4.69) is 0 Å². The highest BCUT2D eigenvalue weighted by molar-refractivity contribution is 5.78. The van der Waals surface area contributed by atoms with E-state index in [0.717, 1.165) is 6.42 Å². The Bertz CT molecular complexity index is 265. The fourth-order valence-electron chi connectivity index (χ4n) is 1.61. The molecule has 18 heavy (non-hydrogen) atoms. The van der Waals surface area contributed by atoms with Crippen LogP contribution in [0.5, 0.6) is 0 Å². The summed E-state index contributed by atoms with van der Waals surface area (Å²) in [5, 5.41) is 1.86. The summed E-state index contributed by atoms with van der Waals surface area (Å²) < 4.78 is 35.9. The highest BCUT2D eigenvalue weighted by Gasteiger charge is 2.31. The summed E-state index contributed by atoms with van der Waals surface area (Å²) in [6.45, 7) is 5.21. The number of halogens is 3. The van der Waals surface area contributed by atoms with Gasteiger partial charge in [-0.3, -0.25) is 9.69 Å². The van der Waals surface area contributed by atoms with Crippen molar-refractivity contribution in [3.05, 3.63) is 0 Å². The van der Waals surface area contributed by atoms with Gasteiger partial charge >= 0.3 is 6.18 Å². The Labute approximate surface area is 106 Å². The Balaban J connectivity index is 4.41. The van der Waals surface area contributed by atoms with Gasteiger partial charge in [0.25, 0.3) is 0 Å². The second-order valence-electron chi connectivity index (χ2n) is 4.46. The van der Waals surface area contributed by atoms with Crippen LogP contribution in [0.3, 0.4) is 0 Å². The molecular formula is C11H22F3N3O. The summed E-state index contributed by atoms with van der Waals surface area (Å²) in [4.78, 5) is 13.2. The van der Waals surface area contributed by atoms with Crippen molar-refractivity contribution < 1.29 is 18.0 Å². The average Bonchev–Trinajstić information content (AvgIpc) is 2.31. The number of nitrogens with two attached hydrogens (primary N) is 1. The van der Waals surface area contributed by atoms with Crippen LogP contribution in [0.4, 0.5) is 13.2 Å². The van der Waals surface area contributed by atoms with E-state index in [9.17, 15) is 18.0 Å². The number of hydrogen-bond donors (Lipinski definition) is 2. The van der Waals surface area contributed by atoms with E-state index >= 15 is 0 Å². The number of carbonyl (C=O) groups excluding carboxylic acids is 1. The zero-order valence-electron chi connectivity index (χ0n) is 11.1. The maximum atomic E-state index is 12.0. The minimum Gasteiger partial charge on any atom is -0.346 e. The first-order chi connectivity index (χ1) is 8.18. The molecule has 0 aromatic carbocycles. The maximum Gasteiger partial charge on any atom is 0.405 e. The lowest BCUT2D eigenvalue weighted by Gasteiger charge is -2.39. The van der Waals surface area contributed by atoms with Crippen LogP contribution in [0.15, 0.2) is 0 Å². The number of likely N-dealkylation sites (N-methyl/N-ethyl adjacent to an activating group) is 1. The second-order valence-corrected chi connectivity index (χ2v) is 4.46. The average molecular weight is 269 g/mol. The van der Waals surface area contributed by atoms with Gasteiger partial charge in [0.05, 0.1) is 6.54 Å². The number of hydrogen-bond acceptors (Lipinski definition) is 3. The van der Waals surface area contributed by atoms with Crippen molar-refractivity contribution in [3.63, 3.8) is 0 Å². The Morgan fingerprint density at radius 1 is 1.33 bits per heavy atom. The van der Waals surface area contributed by atoms with E-state index < -0.39 is 18.6 Å². The summed E-state index contributed by atoms with van der Waals surface area (Å²) in [6.07, 6.45) is -3.65. The Morgan fingerprint density at radius 3 is 2.22 bits per heavy atom. The number of carbonyl (C=O) groups is 1. The number of alkyl halides is 3. The predicted octanol–water partition coefficient (Wildman–Crippen LogP) is 1.11. The molecule has 0 aromatic heterocycles. The van der Waals surface area contributed by atoms with Crippen molar-refractivity contribution in [2.45, 2.75) is 38.9 Å². The third-order valence-electron chi connectivity index (χ3n) is 3.17. The molecule has 0 saturated carbocycles. The molecule has 0 bridgehead atoms. The summed E-state index contributed by atoms with van der Waals surface area (Å²) in [7, 11) is 0. The first kappa shape index (κ1) is 17.2. The van der Waals surface area contributed by atoms with E-state index in [0.29, 0.717) is 13.1 Å². The van der Waals surface area contributed by atoms with Crippen LogP contribution in [0.1, 0.15) is 27.2 Å². The highest BCUT2D eigenvalue weighted by Crippen LogP contribution is 2.17. The van der Waals surface area contributed by atoms with Gasteiger partial charge in [-0.05, 0) is 19.9 Å². The van der Waals surface area contributed by atoms with E-state index in [-0.39, 0.29) is 12.1 Å². The Hall–Kier alpha value is -0.820. The van der Waals surface area contributed by atoms with Crippen LogP contribution in [0.2, 0.25) is 0 Å². The molecule has 3 N–H and O–H groups in total. The van der Waals surface area contributed by atoms with Crippen molar-refractivity contribution in [2.75, 3.05) is 26.2 Å². The first-order valence-electron chi connectivity index (χ1n) is 5.97. The Morgan fingerprint density at radius 2 is 1.89 bits per heavy atom. The van der Waals surface area contributed by atoms with Crippen LogP contribution >= 0.6 is 0 Å². The molecule has 7 heteroatoms. The Kier molecular flexibility index (Phi) is 6.62. The van der Waals surface area contributed by atoms with E-state index in [1.54, 1.807) is 4.90 Å². The van der Waals surface area contributed by atoms with Gasteiger partial charge in [0, 0.05) is 12.1 Å². The minimum atomic E-state index is -4.38. The number of nitrogens with one attached hydrogen (secondary N) is 1. The molecule has 0 spiro atoms. The molecule has 0 aliphatic rings. The molecular weight excluding hydrogens is 247 g/mol. The van der Waals surface area contributed by atoms with Gasteiger partial charge in [-0.1, -0.05) is 13.8 Å². The summed E-state index contributed by atoms with van der Waals surface area (Å²) >= 11 is 0. The largest absolute Gasteiger partial charge is 0.405 e. The summed E-state index contributed by atoms with van der Waals surface area (Å²) in [5.41, 5.74) is 5.29. The zero-order valence-corrected chi connectivity index (χ0v) is 11.1. The minimum absolute atomic E-state index is 0.0753. The SMILES string of the molecule is CCN(CC(=O)NCC(F)(F)F)C(C)(CC)CN. The summed E-state index contributed by atoms with van der Waals surface area (Å²) in [5.74, 6) is -0.637. The van der Waals surface area contributed by atoms with Crippen molar-refractivity contribution in [1.82, 2.24) is 10.2 Å². The highest BCUT2D eigenvalue weighted by atomic mass is 19.4. The van der Waals surface area contributed by atoms with Crippen LogP contribution < -0.4 is 11.1 Å². The molecule has 0 rings (SSSR count). The maximum absolute atomic E-state index is 12.0. The van der Waals surface area contributed by atoms with Gasteiger partial charge in [0.1, 0.15) is 6.54 Å². The van der Waals surface area contributed by atoms with Gasteiger partial charge in [-0.15, -0.1) is 0 Å². The fourth-order valence-corrected chi connectivity index (χ4v) is 1.61. The molecule has 0 radical (unpaired) electrons. The topological polar surface area (TPSA) is 58.4 Å². The standard InChI is InChI=1S/C11H22F3N3O/c1-4-10(3,7-15)17(5-2)6-9(18)16-8-11(12,13)14/h4-8,15H2,1-3H3,(H,16,18). The van der Waals surface area contributed by atoms with Crippen LogP contribution in [0.25, 0.3) is 0 Å². The molecule has 1 amide bonds. The number of rotatable bonds is 7. The first-order valence-corrected chi connectivity index (χ1v) is 5.97. The lowest BCUT2D eigenvalue weighted by atomic mass is 9.96. The molecule has 0 aromatic rings. The lowest BCUT2D eigenvalue weighted by molar-refractivity contribution is -0.139. The van der Waals surface area contributed by atoms with Gasteiger partial charge in [0.15, 0.2) is 0 Å². The zero-order chi connectivity index (χ0) is 14.4. The van der Waals surface area contributed by atoms with Crippen molar-refractivity contribution in [3.8, 4) is 0 Å². The third kappa shape index (κ3) is 5.68. The number of amides is 1. The normalized spacial score (nSPS) is 15.6. The molecule has 0 aliphatic heterocycles. The van der Waals surface area contributed by atoms with Crippen LogP contribution in [0, 0.1) is 0 Å². The fraction of sp³-hybridized carbons (Fsp3) is 0.909. The van der Waals surface area contributed by atoms with E-state index in [1.807, 2.05) is 26.1 Å². The molecule has 108 valence electrons. The predicted molar refractivity (Wildman–Crippen MR) is 64.1 cm³/mol. The lowest BCUT2D eigenvalue weighted by Crippen LogP contribution is -2.54. The van der Waals surface area contributed by atoms with Crippen LogP contribution in [-0.4, -0.2) is 48.7 Å². The van der Waals surface area contributed by atoms with Crippen molar-refractivity contribution in [2.24, 2.45) is 5.73 Å². The van der Waals surface area contributed by atoms with Gasteiger partial charge in [-0.2, -0.15) is 13.2 Å². The molecule has 0 saturated heterocycles.